The summed E-state index contributed by atoms with van der Waals surface area (Å²) < 4.78 is 2.57. The molecule has 142 valence electrons. The number of carbonyl (C=O) groups excluding carboxylic acids is 1. The maximum absolute atomic E-state index is 12.6. The first-order valence-corrected chi connectivity index (χ1v) is 10.3. The number of benzene rings is 1. The van der Waals surface area contributed by atoms with Crippen molar-refractivity contribution in [3.8, 4) is 0 Å². The number of fused-ring (bicyclic) bond motifs is 1. The predicted molar refractivity (Wildman–Crippen MR) is 110 cm³/mol. The number of thiazole rings is 1. The van der Waals surface area contributed by atoms with Crippen molar-refractivity contribution in [2.24, 2.45) is 0 Å². The van der Waals surface area contributed by atoms with E-state index in [0.717, 1.165) is 37.6 Å². The highest BCUT2D eigenvalue weighted by Crippen LogP contribution is 2.32. The number of nitrogens with zero attached hydrogens (tertiary/aromatic N) is 5. The third-order valence-corrected chi connectivity index (χ3v) is 6.12. The zero-order chi connectivity index (χ0) is 19.8. The Bertz CT molecular complexity index is 1200. The van der Waals surface area contributed by atoms with Crippen molar-refractivity contribution in [1.82, 2.24) is 24.6 Å². The van der Waals surface area contributed by atoms with E-state index in [-0.39, 0.29) is 11.7 Å². The van der Waals surface area contributed by atoms with Gasteiger partial charge in [-0.15, -0.1) is 16.4 Å². The molecule has 28 heavy (non-hydrogen) atoms. The normalized spacial score (nSPS) is 11.1. The first-order chi connectivity index (χ1) is 13.4. The first kappa shape index (κ1) is 18.6. The van der Waals surface area contributed by atoms with E-state index in [0.29, 0.717) is 5.78 Å². The van der Waals surface area contributed by atoms with Gasteiger partial charge in [0.15, 0.2) is 4.34 Å². The van der Waals surface area contributed by atoms with Gasteiger partial charge < -0.3 is 5.32 Å². The van der Waals surface area contributed by atoms with Crippen LogP contribution in [0.2, 0.25) is 0 Å². The number of aryl methyl sites for hydroxylation is 4. The number of hydrogen-bond acceptors (Lipinski definition) is 7. The molecule has 0 aliphatic carbocycles. The van der Waals surface area contributed by atoms with Crippen LogP contribution in [-0.2, 0) is 0 Å². The Morgan fingerprint density at radius 3 is 2.61 bits per heavy atom. The molecule has 1 N–H and O–H groups in total. The molecule has 0 unspecified atom stereocenters. The molecule has 0 aliphatic rings. The van der Waals surface area contributed by atoms with Gasteiger partial charge in [0, 0.05) is 33.0 Å². The van der Waals surface area contributed by atoms with Gasteiger partial charge in [-0.25, -0.2) is 14.5 Å². The molecule has 0 saturated heterocycles. The Hall–Kier alpha value is -2.78. The molecule has 0 radical (unpaired) electrons. The van der Waals surface area contributed by atoms with E-state index < -0.39 is 0 Å². The zero-order valence-electron chi connectivity index (χ0n) is 15.8. The summed E-state index contributed by atoms with van der Waals surface area (Å²) in [5, 5.41) is 9.20. The number of aromatic nitrogens is 5. The molecule has 0 saturated carbocycles. The third-order valence-electron chi connectivity index (χ3n) is 4.07. The van der Waals surface area contributed by atoms with Crippen LogP contribution >= 0.6 is 23.1 Å². The summed E-state index contributed by atoms with van der Waals surface area (Å²) in [4.78, 5) is 26.7. The fourth-order valence-electron chi connectivity index (χ4n) is 2.76. The van der Waals surface area contributed by atoms with Crippen LogP contribution in [-0.4, -0.2) is 30.5 Å². The summed E-state index contributed by atoms with van der Waals surface area (Å²) >= 11 is 3.23. The average molecular weight is 411 g/mol. The van der Waals surface area contributed by atoms with Crippen molar-refractivity contribution in [3.63, 3.8) is 0 Å². The average Bonchev–Trinajstić information content (AvgIpc) is 3.23. The van der Waals surface area contributed by atoms with Gasteiger partial charge in [0.2, 0.25) is 5.82 Å². The maximum Gasteiger partial charge on any atom is 0.295 e. The molecule has 1 amide bonds. The van der Waals surface area contributed by atoms with Crippen molar-refractivity contribution in [1.29, 1.82) is 0 Å². The van der Waals surface area contributed by atoms with Crippen molar-refractivity contribution in [2.75, 3.05) is 5.32 Å². The standard InChI is InChI=1S/C19H18N6OS2/c1-10-7-14(28-19-21-12(3)9-27-19)5-6-15(10)22-17(26)16-23-18-20-11(2)8-13(4)25(18)24-16/h5-9H,1-4H3,(H,22,26). The van der Waals surface area contributed by atoms with E-state index in [2.05, 4.69) is 25.4 Å². The fraction of sp³-hybridized carbons (Fsp3) is 0.211. The van der Waals surface area contributed by atoms with Gasteiger partial charge in [0.1, 0.15) is 0 Å². The summed E-state index contributed by atoms with van der Waals surface area (Å²) in [5.41, 5.74) is 4.42. The molecule has 9 heteroatoms. The van der Waals surface area contributed by atoms with Crippen molar-refractivity contribution in [3.05, 3.63) is 58.1 Å². The van der Waals surface area contributed by atoms with Crippen molar-refractivity contribution in [2.45, 2.75) is 36.9 Å². The van der Waals surface area contributed by atoms with Crippen molar-refractivity contribution >= 4 is 40.5 Å². The monoisotopic (exact) mass is 410 g/mol. The number of anilines is 1. The molecule has 0 fully saturated rings. The molecule has 7 nitrogen and oxygen atoms in total. The lowest BCUT2D eigenvalue weighted by molar-refractivity contribution is 0.101. The highest BCUT2D eigenvalue weighted by molar-refractivity contribution is 8.01. The van der Waals surface area contributed by atoms with Crippen LogP contribution in [0.15, 0.2) is 38.9 Å². The van der Waals surface area contributed by atoms with Crippen LogP contribution in [0.3, 0.4) is 0 Å². The van der Waals surface area contributed by atoms with Crippen LogP contribution in [0.25, 0.3) is 5.78 Å². The van der Waals surface area contributed by atoms with E-state index in [1.165, 1.54) is 0 Å². The maximum atomic E-state index is 12.6. The van der Waals surface area contributed by atoms with E-state index in [9.17, 15) is 4.79 Å². The van der Waals surface area contributed by atoms with Gasteiger partial charge in [0.05, 0.1) is 0 Å². The summed E-state index contributed by atoms with van der Waals surface area (Å²) in [6.07, 6.45) is 0. The highest BCUT2D eigenvalue weighted by atomic mass is 32.2. The quantitative estimate of drug-likeness (QED) is 0.542. The molecular formula is C19H18N6OS2. The number of rotatable bonds is 4. The Morgan fingerprint density at radius 2 is 1.89 bits per heavy atom. The number of carbonyl (C=O) groups is 1. The molecule has 0 aliphatic heterocycles. The second-order valence-electron chi connectivity index (χ2n) is 6.47. The minimum absolute atomic E-state index is 0.0947. The largest absolute Gasteiger partial charge is 0.319 e. The van der Waals surface area contributed by atoms with E-state index in [4.69, 9.17) is 0 Å². The molecule has 0 spiro atoms. The SMILES string of the molecule is Cc1csc(Sc2ccc(NC(=O)c3nc4nc(C)cc(C)n4n3)c(C)c2)n1. The fourth-order valence-corrected chi connectivity index (χ4v) is 4.67. The van der Waals surface area contributed by atoms with Gasteiger partial charge in [0.25, 0.3) is 11.7 Å². The molecule has 1 aromatic carbocycles. The second-order valence-corrected chi connectivity index (χ2v) is 8.65. The minimum Gasteiger partial charge on any atom is -0.319 e. The van der Waals surface area contributed by atoms with Crippen LogP contribution in [0.1, 0.15) is 33.3 Å². The summed E-state index contributed by atoms with van der Waals surface area (Å²) in [7, 11) is 0. The van der Waals surface area contributed by atoms with E-state index in [1.807, 2.05) is 57.3 Å². The number of hydrogen-bond donors (Lipinski definition) is 1. The lowest BCUT2D eigenvalue weighted by atomic mass is 10.2. The smallest absolute Gasteiger partial charge is 0.295 e. The van der Waals surface area contributed by atoms with Crippen LogP contribution < -0.4 is 5.32 Å². The summed E-state index contributed by atoms with van der Waals surface area (Å²) in [5.74, 6) is 0.156. The van der Waals surface area contributed by atoms with Gasteiger partial charge in [-0.2, -0.15) is 4.98 Å². The Morgan fingerprint density at radius 1 is 1.07 bits per heavy atom. The molecule has 3 aromatic heterocycles. The lowest BCUT2D eigenvalue weighted by Gasteiger charge is -2.08. The van der Waals surface area contributed by atoms with Crippen LogP contribution in [0.4, 0.5) is 5.69 Å². The highest BCUT2D eigenvalue weighted by Gasteiger charge is 2.16. The number of nitrogens with one attached hydrogen (secondary N) is 1. The third kappa shape index (κ3) is 3.76. The molecule has 0 bridgehead atoms. The van der Waals surface area contributed by atoms with Gasteiger partial charge in [-0.3, -0.25) is 4.79 Å². The van der Waals surface area contributed by atoms with Gasteiger partial charge in [-0.1, -0.05) is 11.8 Å². The Balaban J connectivity index is 1.53. The Kier molecular flexibility index (Phi) is 4.86. The summed E-state index contributed by atoms with van der Waals surface area (Å²) in [6, 6.07) is 7.78. The zero-order valence-corrected chi connectivity index (χ0v) is 17.5. The first-order valence-electron chi connectivity index (χ1n) is 8.62. The van der Waals surface area contributed by atoms with Gasteiger partial charge in [-0.05, 0) is 57.5 Å². The van der Waals surface area contributed by atoms with Crippen LogP contribution in [0, 0.1) is 27.7 Å². The number of amides is 1. The molecule has 3 heterocycles. The topological polar surface area (TPSA) is 85.1 Å². The summed E-state index contributed by atoms with van der Waals surface area (Å²) in [6.45, 7) is 7.73. The molecule has 4 rings (SSSR count). The van der Waals surface area contributed by atoms with E-state index in [1.54, 1.807) is 27.6 Å². The predicted octanol–water partition coefficient (Wildman–Crippen LogP) is 4.22. The van der Waals surface area contributed by atoms with E-state index >= 15 is 0 Å². The van der Waals surface area contributed by atoms with Crippen LogP contribution in [0.5, 0.6) is 0 Å². The molecular weight excluding hydrogens is 392 g/mol. The minimum atomic E-state index is -0.360. The molecule has 4 aromatic rings. The molecule has 0 atom stereocenters. The second kappa shape index (κ2) is 7.33. The van der Waals surface area contributed by atoms with Gasteiger partial charge >= 0.3 is 0 Å². The lowest BCUT2D eigenvalue weighted by Crippen LogP contribution is -2.14. The Labute approximate surface area is 170 Å². The van der Waals surface area contributed by atoms with Crippen molar-refractivity contribution < 1.29 is 4.79 Å².